The van der Waals surface area contributed by atoms with E-state index in [0.717, 1.165) is 32.7 Å². The van der Waals surface area contributed by atoms with Crippen LogP contribution in [0.2, 0.25) is 0 Å². The van der Waals surface area contributed by atoms with Crippen molar-refractivity contribution in [3.63, 3.8) is 0 Å². The van der Waals surface area contributed by atoms with Gasteiger partial charge in [0.25, 0.3) is 5.91 Å². The fourth-order valence-corrected chi connectivity index (χ4v) is 3.50. The fraction of sp³-hybridized carbons (Fsp3) is 0.0476. The van der Waals surface area contributed by atoms with Gasteiger partial charge >= 0.3 is 0 Å². The number of anilines is 1. The van der Waals surface area contributed by atoms with Gasteiger partial charge in [-0.15, -0.1) is 11.3 Å². The number of carbonyl (C=O) groups is 1. The van der Waals surface area contributed by atoms with Gasteiger partial charge in [0.1, 0.15) is 0 Å². The van der Waals surface area contributed by atoms with Gasteiger partial charge in [-0.1, -0.05) is 48.5 Å². The number of nitrogens with zero attached hydrogens (tertiary/aromatic N) is 1. The first-order valence-corrected chi connectivity index (χ1v) is 8.90. The van der Waals surface area contributed by atoms with Crippen molar-refractivity contribution in [2.45, 2.75) is 6.92 Å². The van der Waals surface area contributed by atoms with Crippen molar-refractivity contribution in [3.05, 3.63) is 82.7 Å². The highest BCUT2D eigenvalue weighted by Gasteiger charge is 2.11. The largest absolute Gasteiger partial charge is 0.322 e. The van der Waals surface area contributed by atoms with E-state index in [1.807, 2.05) is 79.0 Å². The zero-order valence-corrected chi connectivity index (χ0v) is 14.5. The van der Waals surface area contributed by atoms with Gasteiger partial charge < -0.3 is 5.32 Å². The summed E-state index contributed by atoms with van der Waals surface area (Å²) >= 11 is 1.62. The Morgan fingerprint density at radius 2 is 1.80 bits per heavy atom. The normalized spacial score (nSPS) is 10.8. The third-order valence-electron chi connectivity index (χ3n) is 4.07. The Morgan fingerprint density at radius 3 is 2.64 bits per heavy atom. The fourth-order valence-electron chi connectivity index (χ4n) is 2.87. The molecule has 0 spiro atoms. The summed E-state index contributed by atoms with van der Waals surface area (Å²) in [4.78, 5) is 17.3. The molecule has 3 nitrogen and oxygen atoms in total. The Kier molecular flexibility index (Phi) is 4.04. The average Bonchev–Trinajstić information content (AvgIpc) is 3.08. The minimum absolute atomic E-state index is 0.108. The number of nitrogens with one attached hydrogen (secondary N) is 1. The van der Waals surface area contributed by atoms with E-state index in [2.05, 4.69) is 10.3 Å². The Labute approximate surface area is 150 Å². The van der Waals surface area contributed by atoms with E-state index in [4.69, 9.17) is 0 Å². The van der Waals surface area contributed by atoms with Crippen molar-refractivity contribution < 1.29 is 4.79 Å². The van der Waals surface area contributed by atoms with E-state index < -0.39 is 0 Å². The predicted molar refractivity (Wildman–Crippen MR) is 104 cm³/mol. The molecule has 0 fully saturated rings. The van der Waals surface area contributed by atoms with E-state index in [9.17, 15) is 4.79 Å². The smallest absolute Gasteiger partial charge is 0.256 e. The average molecular weight is 344 g/mol. The zero-order valence-electron chi connectivity index (χ0n) is 13.7. The molecule has 1 heterocycles. The molecule has 25 heavy (non-hydrogen) atoms. The maximum Gasteiger partial charge on any atom is 0.256 e. The van der Waals surface area contributed by atoms with E-state index in [0.29, 0.717) is 5.56 Å². The van der Waals surface area contributed by atoms with Gasteiger partial charge in [-0.05, 0) is 35.9 Å². The van der Waals surface area contributed by atoms with E-state index in [1.54, 1.807) is 11.3 Å². The second kappa shape index (κ2) is 6.49. The van der Waals surface area contributed by atoms with Crippen molar-refractivity contribution in [2.24, 2.45) is 0 Å². The Balaban J connectivity index is 1.65. The lowest BCUT2D eigenvalue weighted by Gasteiger charge is -2.09. The van der Waals surface area contributed by atoms with Gasteiger partial charge in [-0.25, -0.2) is 4.98 Å². The molecule has 0 atom stereocenters. The highest BCUT2D eigenvalue weighted by atomic mass is 32.1. The van der Waals surface area contributed by atoms with Crippen LogP contribution in [0.5, 0.6) is 0 Å². The first kappa shape index (κ1) is 15.5. The number of fused-ring (bicyclic) bond motifs is 1. The number of benzene rings is 3. The number of hydrogen-bond donors (Lipinski definition) is 1. The number of hydrogen-bond acceptors (Lipinski definition) is 3. The van der Waals surface area contributed by atoms with Gasteiger partial charge in [0.05, 0.1) is 10.7 Å². The molecule has 1 aromatic heterocycles. The molecular weight excluding hydrogens is 328 g/mol. The molecule has 0 unspecified atom stereocenters. The van der Waals surface area contributed by atoms with Gasteiger partial charge in [-0.3, -0.25) is 4.79 Å². The maximum atomic E-state index is 12.8. The van der Waals surface area contributed by atoms with Crippen LogP contribution in [0.4, 0.5) is 5.69 Å². The molecule has 122 valence electrons. The van der Waals surface area contributed by atoms with E-state index in [-0.39, 0.29) is 5.91 Å². The molecule has 1 amide bonds. The summed E-state index contributed by atoms with van der Waals surface area (Å²) in [6, 6.07) is 21.5. The first-order chi connectivity index (χ1) is 12.2. The first-order valence-electron chi connectivity index (χ1n) is 8.02. The van der Waals surface area contributed by atoms with E-state index >= 15 is 0 Å². The topological polar surface area (TPSA) is 42.0 Å². The highest BCUT2D eigenvalue weighted by Crippen LogP contribution is 2.25. The zero-order chi connectivity index (χ0) is 17.2. The van der Waals surface area contributed by atoms with Gasteiger partial charge in [0.15, 0.2) is 0 Å². The third-order valence-corrected chi connectivity index (χ3v) is 4.84. The van der Waals surface area contributed by atoms with Crippen molar-refractivity contribution >= 4 is 33.7 Å². The van der Waals surface area contributed by atoms with Crippen LogP contribution in [-0.4, -0.2) is 10.9 Å². The van der Waals surface area contributed by atoms with Gasteiger partial charge in [0.2, 0.25) is 0 Å². The molecule has 1 N–H and O–H groups in total. The lowest BCUT2D eigenvalue weighted by molar-refractivity contribution is 0.102. The standard InChI is InChI=1S/C21H16N2OS/c1-14-22-20(13-25-14)16-8-4-9-17(12-16)23-21(24)19-11-5-7-15-6-2-3-10-18(15)19/h2-13H,1H3,(H,23,24). The van der Waals surface area contributed by atoms with Crippen LogP contribution >= 0.6 is 11.3 Å². The van der Waals surface area contributed by atoms with Crippen LogP contribution in [0, 0.1) is 6.92 Å². The summed E-state index contributed by atoms with van der Waals surface area (Å²) in [5, 5.41) is 8.07. The molecule has 0 aliphatic rings. The lowest BCUT2D eigenvalue weighted by Crippen LogP contribution is -2.12. The molecule has 0 saturated carbocycles. The lowest BCUT2D eigenvalue weighted by atomic mass is 10.0. The number of carbonyl (C=O) groups excluding carboxylic acids is 1. The summed E-state index contributed by atoms with van der Waals surface area (Å²) in [7, 11) is 0. The van der Waals surface area contributed by atoms with Crippen LogP contribution in [0.15, 0.2) is 72.1 Å². The number of aromatic nitrogens is 1. The summed E-state index contributed by atoms with van der Waals surface area (Å²) in [5.74, 6) is -0.108. The Hall–Kier alpha value is -2.98. The van der Waals surface area contributed by atoms with Gasteiger partial charge in [0, 0.05) is 22.2 Å². The molecule has 0 bridgehead atoms. The van der Waals surface area contributed by atoms with Crippen LogP contribution < -0.4 is 5.32 Å². The summed E-state index contributed by atoms with van der Waals surface area (Å²) in [5.41, 5.74) is 3.37. The summed E-state index contributed by atoms with van der Waals surface area (Å²) < 4.78 is 0. The number of rotatable bonds is 3. The Bertz CT molecular complexity index is 1060. The molecule has 4 heteroatoms. The molecule has 0 aliphatic heterocycles. The van der Waals surface area contributed by atoms with Crippen LogP contribution in [0.25, 0.3) is 22.0 Å². The van der Waals surface area contributed by atoms with Crippen LogP contribution in [0.1, 0.15) is 15.4 Å². The minimum atomic E-state index is -0.108. The molecule has 4 aromatic rings. The quantitative estimate of drug-likeness (QED) is 0.531. The van der Waals surface area contributed by atoms with Crippen molar-refractivity contribution in [1.82, 2.24) is 4.98 Å². The van der Waals surface area contributed by atoms with E-state index in [1.165, 1.54) is 0 Å². The van der Waals surface area contributed by atoms with Crippen molar-refractivity contribution in [2.75, 3.05) is 5.32 Å². The number of aryl methyl sites for hydroxylation is 1. The molecular formula is C21H16N2OS. The molecule has 0 aliphatic carbocycles. The Morgan fingerprint density at radius 1 is 1.00 bits per heavy atom. The predicted octanol–water partition coefficient (Wildman–Crippen LogP) is 5.52. The van der Waals surface area contributed by atoms with Crippen LogP contribution in [-0.2, 0) is 0 Å². The highest BCUT2D eigenvalue weighted by molar-refractivity contribution is 7.09. The SMILES string of the molecule is Cc1nc(-c2cccc(NC(=O)c3cccc4ccccc34)c2)cs1. The van der Waals surface area contributed by atoms with Crippen LogP contribution in [0.3, 0.4) is 0 Å². The van der Waals surface area contributed by atoms with Gasteiger partial charge in [-0.2, -0.15) is 0 Å². The molecule has 0 saturated heterocycles. The summed E-state index contributed by atoms with van der Waals surface area (Å²) in [6.45, 7) is 1.99. The summed E-state index contributed by atoms with van der Waals surface area (Å²) in [6.07, 6.45) is 0. The monoisotopic (exact) mass is 344 g/mol. The molecule has 4 rings (SSSR count). The third kappa shape index (κ3) is 3.16. The minimum Gasteiger partial charge on any atom is -0.322 e. The number of thiazole rings is 1. The second-order valence-corrected chi connectivity index (χ2v) is 6.88. The second-order valence-electron chi connectivity index (χ2n) is 5.81. The molecule has 3 aromatic carbocycles. The maximum absolute atomic E-state index is 12.8. The van der Waals surface area contributed by atoms with Crippen molar-refractivity contribution in [1.29, 1.82) is 0 Å². The van der Waals surface area contributed by atoms with Crippen molar-refractivity contribution in [3.8, 4) is 11.3 Å². The molecule has 0 radical (unpaired) electrons. The number of amides is 1.